The molecule has 1 aromatic carbocycles. The maximum absolute atomic E-state index is 13.5. The van der Waals surface area contributed by atoms with Crippen LogP contribution < -0.4 is 15.4 Å². The molecule has 0 saturated carbocycles. The molecule has 118 valence electrons. The average molecular weight is 314 g/mol. The van der Waals surface area contributed by atoms with Gasteiger partial charge in [-0.15, -0.1) is 0 Å². The Bertz CT molecular complexity index is 620. The Labute approximate surface area is 123 Å². The number of anilines is 1. The van der Waals surface area contributed by atoms with E-state index < -0.39 is 24.2 Å². The molecule has 6 nitrogen and oxygen atoms in total. The van der Waals surface area contributed by atoms with Crippen molar-refractivity contribution in [2.45, 2.75) is 13.2 Å². The summed E-state index contributed by atoms with van der Waals surface area (Å²) < 4.78 is 43.2. The maximum atomic E-state index is 13.5. The minimum Gasteiger partial charge on any atom is -0.432 e. The summed E-state index contributed by atoms with van der Waals surface area (Å²) in [5.41, 5.74) is 0.124. The number of urea groups is 1. The van der Waals surface area contributed by atoms with Gasteiger partial charge >= 0.3 is 12.6 Å². The topological polar surface area (TPSA) is 68.2 Å². The molecule has 2 rings (SSSR count). The van der Waals surface area contributed by atoms with Gasteiger partial charge in [-0.3, -0.25) is 0 Å². The predicted molar refractivity (Wildman–Crippen MR) is 72.3 cm³/mol. The molecule has 0 aliphatic heterocycles. The zero-order valence-corrected chi connectivity index (χ0v) is 11.3. The second-order valence-corrected chi connectivity index (χ2v) is 4.21. The van der Waals surface area contributed by atoms with Crippen LogP contribution >= 0.6 is 0 Å². The minimum absolute atomic E-state index is 0.124. The molecule has 0 spiro atoms. The van der Waals surface area contributed by atoms with Gasteiger partial charge in [-0.25, -0.2) is 14.2 Å². The van der Waals surface area contributed by atoms with Gasteiger partial charge in [0.25, 0.3) is 0 Å². The lowest BCUT2D eigenvalue weighted by Crippen LogP contribution is -2.31. The van der Waals surface area contributed by atoms with Crippen LogP contribution in [0.2, 0.25) is 0 Å². The van der Waals surface area contributed by atoms with E-state index in [2.05, 4.69) is 20.4 Å². The van der Waals surface area contributed by atoms with E-state index in [4.69, 9.17) is 0 Å². The smallest absolute Gasteiger partial charge is 0.387 e. The van der Waals surface area contributed by atoms with Crippen LogP contribution in [0.4, 0.5) is 23.7 Å². The lowest BCUT2D eigenvalue weighted by atomic mass is 10.3. The molecule has 0 saturated heterocycles. The molecule has 0 fully saturated rings. The summed E-state index contributed by atoms with van der Waals surface area (Å²) in [5, 5.41) is 4.95. The zero-order valence-electron chi connectivity index (χ0n) is 11.3. The highest BCUT2D eigenvalue weighted by Gasteiger charge is 2.11. The summed E-state index contributed by atoms with van der Waals surface area (Å²) in [7, 11) is 0. The third-order valence-corrected chi connectivity index (χ3v) is 2.62. The van der Waals surface area contributed by atoms with Crippen molar-refractivity contribution < 1.29 is 22.7 Å². The molecule has 0 aliphatic carbocycles. The summed E-state index contributed by atoms with van der Waals surface area (Å²) in [6.45, 7) is -2.24. The SMILES string of the molecule is O=C(NCCn1ccnc1)Nc1ccc(OC(F)F)c(F)c1. The third-order valence-electron chi connectivity index (χ3n) is 2.62. The summed E-state index contributed by atoms with van der Waals surface area (Å²) in [6, 6.07) is 2.63. The number of nitrogens with one attached hydrogen (secondary N) is 2. The number of aromatic nitrogens is 2. The van der Waals surface area contributed by atoms with Gasteiger partial charge in [0.05, 0.1) is 6.33 Å². The summed E-state index contributed by atoms with van der Waals surface area (Å²) >= 11 is 0. The highest BCUT2D eigenvalue weighted by Crippen LogP contribution is 2.22. The van der Waals surface area contributed by atoms with Crippen LogP contribution in [0.1, 0.15) is 0 Å². The number of nitrogens with zero attached hydrogens (tertiary/aromatic N) is 2. The van der Waals surface area contributed by atoms with Gasteiger partial charge in [0.15, 0.2) is 11.6 Å². The van der Waals surface area contributed by atoms with Gasteiger partial charge in [0.2, 0.25) is 0 Å². The molecule has 0 aliphatic rings. The monoisotopic (exact) mass is 314 g/mol. The van der Waals surface area contributed by atoms with Crippen molar-refractivity contribution in [2.24, 2.45) is 0 Å². The Hall–Kier alpha value is -2.71. The standard InChI is InChI=1S/C13H13F3N4O2/c14-10-7-9(1-2-11(10)22-12(15)16)19-13(21)18-4-6-20-5-3-17-8-20/h1-3,5,7-8,12H,4,6H2,(H2,18,19,21). The fraction of sp³-hybridized carbons (Fsp3) is 0.231. The van der Waals surface area contributed by atoms with E-state index in [1.165, 1.54) is 6.07 Å². The summed E-state index contributed by atoms with van der Waals surface area (Å²) in [5.74, 6) is -1.57. The Kier molecular flexibility index (Phi) is 5.23. The van der Waals surface area contributed by atoms with Crippen molar-refractivity contribution in [2.75, 3.05) is 11.9 Å². The fourth-order valence-electron chi connectivity index (χ4n) is 1.66. The second-order valence-electron chi connectivity index (χ2n) is 4.21. The molecular formula is C13H13F3N4O2. The van der Waals surface area contributed by atoms with Gasteiger partial charge < -0.3 is 19.9 Å². The van der Waals surface area contributed by atoms with Crippen LogP contribution in [0.5, 0.6) is 5.75 Å². The number of alkyl halides is 2. The molecule has 1 heterocycles. The molecule has 2 N–H and O–H groups in total. The number of ether oxygens (including phenoxy) is 1. The first kappa shape index (κ1) is 15.7. The van der Waals surface area contributed by atoms with Crippen LogP contribution in [0, 0.1) is 5.82 Å². The van der Waals surface area contributed by atoms with Gasteiger partial charge in [-0.2, -0.15) is 8.78 Å². The van der Waals surface area contributed by atoms with E-state index in [-0.39, 0.29) is 5.69 Å². The number of hydrogen-bond donors (Lipinski definition) is 2. The average Bonchev–Trinajstić information content (AvgIpc) is 2.95. The molecule has 2 aromatic rings. The first-order chi connectivity index (χ1) is 10.5. The van der Waals surface area contributed by atoms with Crippen LogP contribution in [0.3, 0.4) is 0 Å². The second kappa shape index (κ2) is 7.34. The van der Waals surface area contributed by atoms with Crippen molar-refractivity contribution in [1.29, 1.82) is 0 Å². The number of benzene rings is 1. The molecule has 0 bridgehead atoms. The van der Waals surface area contributed by atoms with Gasteiger partial charge in [-0.1, -0.05) is 0 Å². The number of halogens is 3. The number of carbonyl (C=O) groups is 1. The first-order valence-electron chi connectivity index (χ1n) is 6.29. The molecule has 2 amide bonds. The highest BCUT2D eigenvalue weighted by molar-refractivity contribution is 5.89. The minimum atomic E-state index is -3.11. The van der Waals surface area contributed by atoms with Gasteiger partial charge in [-0.05, 0) is 12.1 Å². The van der Waals surface area contributed by atoms with Crippen molar-refractivity contribution in [1.82, 2.24) is 14.9 Å². The van der Waals surface area contributed by atoms with Crippen LogP contribution in [0.25, 0.3) is 0 Å². The largest absolute Gasteiger partial charge is 0.432 e. The zero-order chi connectivity index (χ0) is 15.9. The fourth-order valence-corrected chi connectivity index (χ4v) is 1.66. The van der Waals surface area contributed by atoms with Gasteiger partial charge in [0, 0.05) is 37.2 Å². The van der Waals surface area contributed by atoms with Crippen molar-refractivity contribution in [3.8, 4) is 5.75 Å². The molecular weight excluding hydrogens is 301 g/mol. The van der Waals surface area contributed by atoms with E-state index in [1.54, 1.807) is 23.3 Å². The van der Waals surface area contributed by atoms with E-state index in [0.29, 0.717) is 13.1 Å². The molecule has 9 heteroatoms. The molecule has 1 aromatic heterocycles. The van der Waals surface area contributed by atoms with E-state index in [0.717, 1.165) is 12.1 Å². The number of hydrogen-bond acceptors (Lipinski definition) is 3. The number of imidazole rings is 1. The highest BCUT2D eigenvalue weighted by atomic mass is 19.3. The van der Waals surface area contributed by atoms with Crippen molar-refractivity contribution >= 4 is 11.7 Å². The molecule has 0 atom stereocenters. The summed E-state index contributed by atoms with van der Waals surface area (Å²) in [6.07, 6.45) is 4.97. The number of amides is 2. The Morgan fingerprint density at radius 1 is 1.41 bits per heavy atom. The van der Waals surface area contributed by atoms with E-state index in [9.17, 15) is 18.0 Å². The number of rotatable bonds is 6. The van der Waals surface area contributed by atoms with E-state index in [1.807, 2.05) is 0 Å². The maximum Gasteiger partial charge on any atom is 0.387 e. The molecule has 0 unspecified atom stereocenters. The molecule has 22 heavy (non-hydrogen) atoms. The lowest BCUT2D eigenvalue weighted by molar-refractivity contribution is -0.0521. The van der Waals surface area contributed by atoms with Crippen LogP contribution in [-0.2, 0) is 6.54 Å². The van der Waals surface area contributed by atoms with Crippen LogP contribution in [-0.4, -0.2) is 28.7 Å². The van der Waals surface area contributed by atoms with Crippen molar-refractivity contribution in [3.05, 3.63) is 42.7 Å². The van der Waals surface area contributed by atoms with E-state index >= 15 is 0 Å². The summed E-state index contributed by atoms with van der Waals surface area (Å²) in [4.78, 5) is 15.4. The van der Waals surface area contributed by atoms with Crippen molar-refractivity contribution in [3.63, 3.8) is 0 Å². The Morgan fingerprint density at radius 2 is 2.23 bits per heavy atom. The Balaban J connectivity index is 1.82. The normalized spacial score (nSPS) is 10.5. The lowest BCUT2D eigenvalue weighted by Gasteiger charge is -2.10. The van der Waals surface area contributed by atoms with Gasteiger partial charge in [0.1, 0.15) is 0 Å². The number of carbonyl (C=O) groups excluding carboxylic acids is 1. The van der Waals surface area contributed by atoms with Crippen LogP contribution in [0.15, 0.2) is 36.9 Å². The first-order valence-corrected chi connectivity index (χ1v) is 6.29. The predicted octanol–water partition coefficient (Wildman–Crippen LogP) is 2.45. The third kappa shape index (κ3) is 4.69. The molecule has 0 radical (unpaired) electrons. The quantitative estimate of drug-likeness (QED) is 0.860. The Morgan fingerprint density at radius 3 is 2.86 bits per heavy atom.